The molecule has 1 heterocycles. The fourth-order valence-electron chi connectivity index (χ4n) is 2.13. The maximum atomic E-state index is 12.3. The van der Waals surface area contributed by atoms with E-state index in [0.29, 0.717) is 6.61 Å². The predicted octanol–water partition coefficient (Wildman–Crippen LogP) is 3.74. The second-order valence-electron chi connectivity index (χ2n) is 4.69. The van der Waals surface area contributed by atoms with E-state index < -0.39 is 5.54 Å². The van der Waals surface area contributed by atoms with E-state index in [4.69, 9.17) is 4.74 Å². The smallest absolute Gasteiger partial charge is 0.326 e. The standard InChI is InChI=1S/C15H25NO2S/c1-4-7-10-15(5-2,14(17)18-6-3)16-12-13-9-8-11-19-13/h8-9,11,16H,4-7,10,12H2,1-3H3. The first kappa shape index (κ1) is 16.2. The topological polar surface area (TPSA) is 38.3 Å². The van der Waals surface area contributed by atoms with Crippen molar-refractivity contribution in [2.75, 3.05) is 6.61 Å². The number of nitrogens with one attached hydrogen (secondary N) is 1. The van der Waals surface area contributed by atoms with Gasteiger partial charge in [-0.25, -0.2) is 0 Å². The van der Waals surface area contributed by atoms with E-state index in [2.05, 4.69) is 23.7 Å². The molecule has 0 aliphatic carbocycles. The summed E-state index contributed by atoms with van der Waals surface area (Å²) in [5.74, 6) is -0.109. The minimum atomic E-state index is -0.532. The molecule has 0 amide bonds. The fraction of sp³-hybridized carbons (Fsp3) is 0.667. The molecule has 1 N–H and O–H groups in total. The van der Waals surface area contributed by atoms with E-state index in [-0.39, 0.29) is 5.97 Å². The summed E-state index contributed by atoms with van der Waals surface area (Å²) in [5.41, 5.74) is -0.532. The summed E-state index contributed by atoms with van der Waals surface area (Å²) in [6.45, 7) is 7.22. The summed E-state index contributed by atoms with van der Waals surface area (Å²) in [4.78, 5) is 13.5. The molecule has 0 saturated heterocycles. The van der Waals surface area contributed by atoms with Crippen molar-refractivity contribution in [1.82, 2.24) is 5.32 Å². The van der Waals surface area contributed by atoms with Crippen molar-refractivity contribution < 1.29 is 9.53 Å². The van der Waals surface area contributed by atoms with Gasteiger partial charge in [-0.3, -0.25) is 10.1 Å². The summed E-state index contributed by atoms with van der Waals surface area (Å²) in [6.07, 6.45) is 3.72. The number of hydrogen-bond acceptors (Lipinski definition) is 4. The summed E-state index contributed by atoms with van der Waals surface area (Å²) < 4.78 is 5.27. The molecule has 1 rings (SSSR count). The summed E-state index contributed by atoms with van der Waals surface area (Å²) in [7, 11) is 0. The van der Waals surface area contributed by atoms with Crippen LogP contribution in [-0.4, -0.2) is 18.1 Å². The number of ether oxygens (including phenoxy) is 1. The highest BCUT2D eigenvalue weighted by Gasteiger charge is 2.36. The third kappa shape index (κ3) is 4.62. The Kier molecular flexibility index (Phi) is 7.10. The lowest BCUT2D eigenvalue weighted by molar-refractivity contribution is -0.152. The minimum Gasteiger partial charge on any atom is -0.465 e. The van der Waals surface area contributed by atoms with Crippen LogP contribution in [0.4, 0.5) is 0 Å². The van der Waals surface area contributed by atoms with Crippen molar-refractivity contribution in [3.63, 3.8) is 0 Å². The van der Waals surface area contributed by atoms with Gasteiger partial charge in [-0.2, -0.15) is 0 Å². The van der Waals surface area contributed by atoms with Crippen LogP contribution in [-0.2, 0) is 16.1 Å². The van der Waals surface area contributed by atoms with Crippen LogP contribution in [0.3, 0.4) is 0 Å². The van der Waals surface area contributed by atoms with E-state index in [1.54, 1.807) is 11.3 Å². The molecule has 19 heavy (non-hydrogen) atoms. The maximum absolute atomic E-state index is 12.3. The lowest BCUT2D eigenvalue weighted by Gasteiger charge is -2.31. The highest BCUT2D eigenvalue weighted by atomic mass is 32.1. The highest BCUT2D eigenvalue weighted by molar-refractivity contribution is 7.09. The molecule has 0 spiro atoms. The third-order valence-corrected chi connectivity index (χ3v) is 4.28. The number of carbonyl (C=O) groups excluding carboxylic acids is 1. The molecule has 0 bridgehead atoms. The van der Waals surface area contributed by atoms with E-state index in [9.17, 15) is 4.79 Å². The van der Waals surface area contributed by atoms with Crippen LogP contribution >= 0.6 is 11.3 Å². The van der Waals surface area contributed by atoms with E-state index in [1.165, 1.54) is 4.88 Å². The van der Waals surface area contributed by atoms with Crippen LogP contribution in [0.2, 0.25) is 0 Å². The van der Waals surface area contributed by atoms with Gasteiger partial charge in [0.05, 0.1) is 6.61 Å². The molecule has 0 radical (unpaired) electrons. The van der Waals surface area contributed by atoms with E-state index >= 15 is 0 Å². The molecule has 108 valence electrons. The first-order valence-corrected chi connectivity index (χ1v) is 8.01. The van der Waals surface area contributed by atoms with Crippen LogP contribution in [0.15, 0.2) is 17.5 Å². The Morgan fingerprint density at radius 2 is 2.21 bits per heavy atom. The molecular formula is C15H25NO2S. The van der Waals surface area contributed by atoms with Crippen molar-refractivity contribution in [3.8, 4) is 0 Å². The second-order valence-corrected chi connectivity index (χ2v) is 5.72. The van der Waals surface area contributed by atoms with Crippen LogP contribution in [0.1, 0.15) is 51.3 Å². The molecular weight excluding hydrogens is 258 g/mol. The van der Waals surface area contributed by atoms with Crippen molar-refractivity contribution in [2.45, 2.75) is 58.5 Å². The number of carbonyl (C=O) groups is 1. The number of esters is 1. The normalized spacial score (nSPS) is 14.1. The van der Waals surface area contributed by atoms with E-state index in [1.807, 2.05) is 19.9 Å². The monoisotopic (exact) mass is 283 g/mol. The number of hydrogen-bond donors (Lipinski definition) is 1. The molecule has 3 nitrogen and oxygen atoms in total. The maximum Gasteiger partial charge on any atom is 0.326 e. The van der Waals surface area contributed by atoms with Crippen molar-refractivity contribution in [1.29, 1.82) is 0 Å². The van der Waals surface area contributed by atoms with Crippen LogP contribution in [0.25, 0.3) is 0 Å². The zero-order valence-electron chi connectivity index (χ0n) is 12.2. The van der Waals surface area contributed by atoms with Gasteiger partial charge in [0.2, 0.25) is 0 Å². The lowest BCUT2D eigenvalue weighted by Crippen LogP contribution is -2.52. The number of thiophene rings is 1. The Labute approximate surface area is 120 Å². The molecule has 0 aliphatic rings. The van der Waals surface area contributed by atoms with Crippen LogP contribution < -0.4 is 5.32 Å². The minimum absolute atomic E-state index is 0.109. The zero-order valence-corrected chi connectivity index (χ0v) is 13.0. The van der Waals surface area contributed by atoms with Gasteiger partial charge in [0.15, 0.2) is 0 Å². The Hall–Kier alpha value is -0.870. The second kappa shape index (κ2) is 8.33. The number of unbranched alkanes of at least 4 members (excludes halogenated alkanes) is 1. The van der Waals surface area contributed by atoms with Gasteiger partial charge in [-0.15, -0.1) is 11.3 Å². The fourth-order valence-corrected chi connectivity index (χ4v) is 2.77. The molecule has 0 saturated carbocycles. The summed E-state index contributed by atoms with van der Waals surface area (Å²) in [5, 5.41) is 5.50. The van der Waals surface area contributed by atoms with Gasteiger partial charge >= 0.3 is 5.97 Å². The van der Waals surface area contributed by atoms with Gasteiger partial charge in [0, 0.05) is 11.4 Å². The van der Waals surface area contributed by atoms with Gasteiger partial charge in [-0.05, 0) is 31.2 Å². The zero-order chi connectivity index (χ0) is 14.1. The van der Waals surface area contributed by atoms with Crippen molar-refractivity contribution >= 4 is 17.3 Å². The highest BCUT2D eigenvalue weighted by Crippen LogP contribution is 2.22. The SMILES string of the molecule is CCCCC(CC)(NCc1cccs1)C(=O)OCC. The molecule has 0 aliphatic heterocycles. The third-order valence-electron chi connectivity index (χ3n) is 3.41. The predicted molar refractivity (Wildman–Crippen MR) is 80.3 cm³/mol. The molecule has 0 aromatic carbocycles. The van der Waals surface area contributed by atoms with Crippen molar-refractivity contribution in [2.24, 2.45) is 0 Å². The van der Waals surface area contributed by atoms with E-state index in [0.717, 1.165) is 32.2 Å². The van der Waals surface area contributed by atoms with Gasteiger partial charge in [0.1, 0.15) is 5.54 Å². The lowest BCUT2D eigenvalue weighted by atomic mass is 9.89. The van der Waals surface area contributed by atoms with Crippen molar-refractivity contribution in [3.05, 3.63) is 22.4 Å². The van der Waals surface area contributed by atoms with Gasteiger partial charge < -0.3 is 4.74 Å². The average molecular weight is 283 g/mol. The Morgan fingerprint density at radius 3 is 2.74 bits per heavy atom. The quantitative estimate of drug-likeness (QED) is 0.702. The van der Waals surface area contributed by atoms with Gasteiger partial charge in [-0.1, -0.05) is 32.8 Å². The summed E-state index contributed by atoms with van der Waals surface area (Å²) in [6, 6.07) is 4.12. The summed E-state index contributed by atoms with van der Waals surface area (Å²) >= 11 is 1.71. The Morgan fingerprint density at radius 1 is 1.42 bits per heavy atom. The Bertz CT molecular complexity index is 364. The number of rotatable bonds is 9. The molecule has 1 unspecified atom stereocenters. The molecule has 1 aromatic heterocycles. The first-order chi connectivity index (χ1) is 9.18. The molecule has 4 heteroatoms. The largest absolute Gasteiger partial charge is 0.465 e. The van der Waals surface area contributed by atoms with Gasteiger partial charge in [0.25, 0.3) is 0 Å². The molecule has 1 aromatic rings. The average Bonchev–Trinajstić information content (AvgIpc) is 2.93. The Balaban J connectivity index is 2.73. The molecule has 1 atom stereocenters. The van der Waals surface area contributed by atoms with Crippen LogP contribution in [0.5, 0.6) is 0 Å². The first-order valence-electron chi connectivity index (χ1n) is 7.13. The molecule has 0 fully saturated rings. The van der Waals surface area contributed by atoms with Crippen LogP contribution in [0, 0.1) is 0 Å².